The van der Waals surface area contributed by atoms with E-state index in [-0.39, 0.29) is 21.6 Å². The number of aromatic nitrogens is 1. The fraction of sp³-hybridized carbons (Fsp3) is 0.478. The second-order valence-corrected chi connectivity index (χ2v) is 10.7. The number of pyridine rings is 1. The average Bonchev–Trinajstić information content (AvgIpc) is 2.67. The third-order valence-electron chi connectivity index (χ3n) is 5.54. The molecule has 0 bridgehead atoms. The largest absolute Gasteiger partial charge is 0.478 e. The molecular formula is C23H31N3O4S. The molecule has 2 aromatic rings. The summed E-state index contributed by atoms with van der Waals surface area (Å²) in [5, 5.41) is 9.72. The number of hydrogen-bond donors (Lipinski definition) is 2. The lowest BCUT2D eigenvalue weighted by Gasteiger charge is -2.27. The molecule has 0 radical (unpaired) electrons. The predicted molar refractivity (Wildman–Crippen MR) is 122 cm³/mol. The number of rotatable bonds is 5. The molecule has 31 heavy (non-hydrogen) atoms. The first kappa shape index (κ1) is 23.1. The first-order chi connectivity index (χ1) is 14.6. The van der Waals surface area contributed by atoms with Gasteiger partial charge >= 0.3 is 5.97 Å². The van der Waals surface area contributed by atoms with Gasteiger partial charge in [-0.15, -0.1) is 0 Å². The minimum Gasteiger partial charge on any atom is -0.478 e. The number of nitrogens with zero attached hydrogens (tertiary/aromatic N) is 2. The number of benzene rings is 1. The van der Waals surface area contributed by atoms with E-state index < -0.39 is 16.0 Å². The van der Waals surface area contributed by atoms with Crippen molar-refractivity contribution in [1.29, 1.82) is 0 Å². The van der Waals surface area contributed by atoms with Gasteiger partial charge in [-0.2, -0.15) is 0 Å². The van der Waals surface area contributed by atoms with Crippen LogP contribution in [0.1, 0.15) is 68.8 Å². The van der Waals surface area contributed by atoms with Crippen LogP contribution in [-0.4, -0.2) is 37.6 Å². The number of carboxylic acid groups (broad SMARTS) is 1. The summed E-state index contributed by atoms with van der Waals surface area (Å²) >= 11 is 0. The molecule has 1 aromatic carbocycles. The van der Waals surface area contributed by atoms with E-state index in [1.807, 2.05) is 4.90 Å². The van der Waals surface area contributed by atoms with Crippen molar-refractivity contribution in [2.45, 2.75) is 63.2 Å². The van der Waals surface area contributed by atoms with Crippen molar-refractivity contribution < 1.29 is 18.3 Å². The molecular weight excluding hydrogens is 414 g/mol. The number of aromatic carboxylic acids is 1. The highest BCUT2D eigenvalue weighted by Gasteiger charge is 2.22. The van der Waals surface area contributed by atoms with Gasteiger partial charge in [-0.3, -0.25) is 4.72 Å². The highest BCUT2D eigenvalue weighted by Crippen LogP contribution is 2.27. The van der Waals surface area contributed by atoms with E-state index >= 15 is 0 Å². The van der Waals surface area contributed by atoms with Crippen molar-refractivity contribution in [3.63, 3.8) is 0 Å². The van der Waals surface area contributed by atoms with Crippen molar-refractivity contribution in [2.24, 2.45) is 0 Å². The van der Waals surface area contributed by atoms with Gasteiger partial charge < -0.3 is 10.0 Å². The van der Waals surface area contributed by atoms with E-state index in [1.54, 1.807) is 24.3 Å². The van der Waals surface area contributed by atoms with E-state index in [0.29, 0.717) is 5.82 Å². The molecule has 2 N–H and O–H groups in total. The normalized spacial score (nSPS) is 15.8. The van der Waals surface area contributed by atoms with Gasteiger partial charge in [-0.25, -0.2) is 18.2 Å². The second-order valence-electron chi connectivity index (χ2n) is 9.04. The van der Waals surface area contributed by atoms with Crippen LogP contribution in [0.5, 0.6) is 0 Å². The van der Waals surface area contributed by atoms with Crippen LogP contribution in [-0.2, 0) is 15.4 Å². The lowest BCUT2D eigenvalue weighted by molar-refractivity contribution is 0.0697. The van der Waals surface area contributed by atoms with Gasteiger partial charge in [0.05, 0.1) is 16.8 Å². The Morgan fingerprint density at radius 2 is 1.61 bits per heavy atom. The lowest BCUT2D eigenvalue weighted by Crippen LogP contribution is -2.29. The van der Waals surface area contributed by atoms with E-state index in [1.165, 1.54) is 18.7 Å². The molecule has 0 amide bonds. The summed E-state index contributed by atoms with van der Waals surface area (Å²) in [6.45, 7) is 7.67. The highest BCUT2D eigenvalue weighted by atomic mass is 32.2. The summed E-state index contributed by atoms with van der Waals surface area (Å²) in [7, 11) is -3.86. The molecule has 0 aliphatic carbocycles. The van der Waals surface area contributed by atoms with Gasteiger partial charge in [-0.1, -0.05) is 52.2 Å². The molecule has 3 rings (SSSR count). The molecule has 1 aromatic heterocycles. The van der Waals surface area contributed by atoms with Gasteiger partial charge in [0.25, 0.3) is 10.0 Å². The Labute approximate surface area is 184 Å². The van der Waals surface area contributed by atoms with E-state index in [9.17, 15) is 18.3 Å². The number of nitrogens with one attached hydrogen (secondary N) is 1. The molecule has 1 aliphatic rings. The van der Waals surface area contributed by atoms with Crippen LogP contribution in [0.2, 0.25) is 0 Å². The molecule has 7 nitrogen and oxygen atoms in total. The standard InChI is InChI=1S/C23H31N3O4S/c1-23(2,3)17-9-11-19(12-10-17)31(29,30)25-18-15-20(22(27)28)21(24-16-18)26-13-7-5-4-6-8-14-26/h9-12,15-16,25H,4-8,13-14H2,1-3H3,(H,27,28). The Hall–Kier alpha value is -2.61. The Kier molecular flexibility index (Phi) is 6.89. The maximum Gasteiger partial charge on any atom is 0.339 e. The molecule has 8 heteroatoms. The van der Waals surface area contributed by atoms with Gasteiger partial charge in [0.2, 0.25) is 0 Å². The maximum absolute atomic E-state index is 12.8. The Morgan fingerprint density at radius 1 is 1.03 bits per heavy atom. The minimum absolute atomic E-state index is 0.00357. The second kappa shape index (κ2) is 9.26. The molecule has 0 atom stereocenters. The average molecular weight is 446 g/mol. The van der Waals surface area contributed by atoms with Crippen molar-refractivity contribution in [1.82, 2.24) is 4.98 Å². The molecule has 0 unspecified atom stereocenters. The summed E-state index contributed by atoms with van der Waals surface area (Å²) in [6.07, 6.45) is 6.79. The number of anilines is 2. The van der Waals surface area contributed by atoms with Crippen LogP contribution in [0, 0.1) is 0 Å². The smallest absolute Gasteiger partial charge is 0.339 e. The van der Waals surface area contributed by atoms with Crippen LogP contribution < -0.4 is 9.62 Å². The van der Waals surface area contributed by atoms with Crippen molar-refractivity contribution in [3.8, 4) is 0 Å². The van der Waals surface area contributed by atoms with Crippen molar-refractivity contribution in [2.75, 3.05) is 22.7 Å². The summed E-state index contributed by atoms with van der Waals surface area (Å²) in [4.78, 5) is 18.3. The van der Waals surface area contributed by atoms with Gasteiger partial charge in [0, 0.05) is 13.1 Å². The summed E-state index contributed by atoms with van der Waals surface area (Å²) in [5.41, 5.74) is 1.08. The SMILES string of the molecule is CC(C)(C)c1ccc(S(=O)(=O)Nc2cnc(N3CCCCCCC3)c(C(=O)O)c2)cc1. The van der Waals surface area contributed by atoms with Crippen molar-refractivity contribution in [3.05, 3.63) is 47.7 Å². The Morgan fingerprint density at radius 3 is 2.16 bits per heavy atom. The number of carboxylic acids is 1. The molecule has 1 saturated heterocycles. The number of carbonyl (C=O) groups is 1. The minimum atomic E-state index is -3.86. The quantitative estimate of drug-likeness (QED) is 0.695. The van der Waals surface area contributed by atoms with Crippen LogP contribution in [0.25, 0.3) is 0 Å². The van der Waals surface area contributed by atoms with E-state index in [4.69, 9.17) is 0 Å². The zero-order valence-corrected chi connectivity index (χ0v) is 19.2. The van der Waals surface area contributed by atoms with Gasteiger partial charge in [-0.05, 0) is 42.0 Å². The number of sulfonamides is 1. The van der Waals surface area contributed by atoms with Crippen LogP contribution >= 0.6 is 0 Å². The van der Waals surface area contributed by atoms with E-state index in [2.05, 4.69) is 30.5 Å². The zero-order chi connectivity index (χ0) is 22.6. The molecule has 168 valence electrons. The first-order valence-electron chi connectivity index (χ1n) is 10.7. The summed E-state index contributed by atoms with van der Waals surface area (Å²) in [5.74, 6) is -0.730. The summed E-state index contributed by atoms with van der Waals surface area (Å²) < 4.78 is 28.1. The molecule has 0 spiro atoms. The third-order valence-corrected chi connectivity index (χ3v) is 6.93. The molecule has 2 heterocycles. The third kappa shape index (κ3) is 5.76. The van der Waals surface area contributed by atoms with Crippen LogP contribution in [0.15, 0.2) is 41.4 Å². The molecule has 0 saturated carbocycles. The zero-order valence-electron chi connectivity index (χ0n) is 18.4. The Bertz CT molecular complexity index is 1020. The predicted octanol–water partition coefficient (Wildman–Crippen LogP) is 4.65. The highest BCUT2D eigenvalue weighted by molar-refractivity contribution is 7.92. The van der Waals surface area contributed by atoms with Crippen LogP contribution in [0.3, 0.4) is 0 Å². The molecule has 1 aliphatic heterocycles. The molecule has 1 fully saturated rings. The summed E-state index contributed by atoms with van der Waals surface area (Å²) in [6, 6.07) is 8.05. The fourth-order valence-electron chi connectivity index (χ4n) is 3.73. The lowest BCUT2D eigenvalue weighted by atomic mass is 9.87. The number of hydrogen-bond acceptors (Lipinski definition) is 5. The van der Waals surface area contributed by atoms with E-state index in [0.717, 1.165) is 44.3 Å². The van der Waals surface area contributed by atoms with Crippen LogP contribution in [0.4, 0.5) is 11.5 Å². The van der Waals surface area contributed by atoms with Gasteiger partial charge in [0.1, 0.15) is 11.4 Å². The van der Waals surface area contributed by atoms with Gasteiger partial charge in [0.15, 0.2) is 0 Å². The first-order valence-corrected chi connectivity index (χ1v) is 12.2. The topological polar surface area (TPSA) is 99.6 Å². The Balaban J connectivity index is 1.85. The maximum atomic E-state index is 12.8. The van der Waals surface area contributed by atoms with Crippen molar-refractivity contribution >= 4 is 27.5 Å². The monoisotopic (exact) mass is 445 g/mol. The fourth-order valence-corrected chi connectivity index (χ4v) is 4.76.